The van der Waals surface area contributed by atoms with Gasteiger partial charge >= 0.3 is 11.9 Å². The maximum absolute atomic E-state index is 11.4. The van der Waals surface area contributed by atoms with Gasteiger partial charge in [0.25, 0.3) is 0 Å². The number of carboxylic acids is 1. The van der Waals surface area contributed by atoms with Crippen molar-refractivity contribution in [3.63, 3.8) is 0 Å². The Labute approximate surface area is 125 Å². The lowest BCUT2D eigenvalue weighted by molar-refractivity contribution is -0.156. The van der Waals surface area contributed by atoms with Gasteiger partial charge in [-0.05, 0) is 43.4 Å². The Morgan fingerprint density at radius 2 is 2.10 bits per heavy atom. The molecule has 2 aliphatic carbocycles. The topological polar surface area (TPSA) is 63.6 Å². The molecule has 4 heteroatoms. The molecule has 21 heavy (non-hydrogen) atoms. The number of hydrogen-bond acceptors (Lipinski definition) is 3. The molecule has 0 radical (unpaired) electrons. The van der Waals surface area contributed by atoms with E-state index in [0.29, 0.717) is 18.8 Å². The van der Waals surface area contributed by atoms with Crippen molar-refractivity contribution in [3.8, 4) is 0 Å². The van der Waals surface area contributed by atoms with Crippen molar-refractivity contribution in [2.45, 2.75) is 52.1 Å². The smallest absolute Gasteiger partial charge is 0.331 e. The molecule has 4 atom stereocenters. The Kier molecular flexibility index (Phi) is 4.26. The van der Waals surface area contributed by atoms with E-state index in [9.17, 15) is 14.7 Å². The fourth-order valence-electron chi connectivity index (χ4n) is 4.13. The predicted octanol–water partition coefficient (Wildman–Crippen LogP) is 3.33. The van der Waals surface area contributed by atoms with E-state index < -0.39 is 12.1 Å². The van der Waals surface area contributed by atoms with Crippen LogP contribution in [0.5, 0.6) is 0 Å². The summed E-state index contributed by atoms with van der Waals surface area (Å²) >= 11 is 0. The molecular formula is C17H24O4. The van der Waals surface area contributed by atoms with Gasteiger partial charge in [-0.3, -0.25) is 4.79 Å². The van der Waals surface area contributed by atoms with Gasteiger partial charge in [0.05, 0.1) is 0 Å². The molecule has 116 valence electrons. The molecule has 0 amide bonds. The van der Waals surface area contributed by atoms with E-state index in [0.717, 1.165) is 19.3 Å². The Morgan fingerprint density at radius 3 is 2.67 bits per heavy atom. The van der Waals surface area contributed by atoms with Gasteiger partial charge in [0.15, 0.2) is 0 Å². The fraction of sp³-hybridized carbons (Fsp3) is 0.647. The van der Waals surface area contributed by atoms with E-state index in [1.807, 2.05) is 0 Å². The molecule has 0 unspecified atom stereocenters. The number of allylic oxidation sites excluding steroid dienone is 1. The van der Waals surface area contributed by atoms with Gasteiger partial charge in [-0.25, -0.2) is 4.79 Å². The highest BCUT2D eigenvalue weighted by molar-refractivity contribution is 5.86. The van der Waals surface area contributed by atoms with E-state index in [2.05, 4.69) is 20.1 Å². The lowest BCUT2D eigenvalue weighted by Gasteiger charge is -2.51. The van der Waals surface area contributed by atoms with Gasteiger partial charge in [-0.15, -0.1) is 0 Å². The number of fused-ring (bicyclic) bond motifs is 1. The SMILES string of the molecule is C=C(C(=O)O)[C@H]1C[C@@H]2C(=C)CCC[C@]2(C)C[C@H]1OC(C)=O. The minimum atomic E-state index is -1.01. The maximum Gasteiger partial charge on any atom is 0.331 e. The zero-order valence-corrected chi connectivity index (χ0v) is 12.9. The van der Waals surface area contributed by atoms with Gasteiger partial charge in [-0.2, -0.15) is 0 Å². The molecule has 0 aromatic rings. The summed E-state index contributed by atoms with van der Waals surface area (Å²) in [5, 5.41) is 9.25. The molecule has 2 aliphatic rings. The van der Waals surface area contributed by atoms with Crippen LogP contribution in [-0.2, 0) is 14.3 Å². The summed E-state index contributed by atoms with van der Waals surface area (Å²) in [7, 11) is 0. The largest absolute Gasteiger partial charge is 0.478 e. The van der Waals surface area contributed by atoms with Crippen LogP contribution in [0.4, 0.5) is 0 Å². The van der Waals surface area contributed by atoms with Crippen LogP contribution < -0.4 is 0 Å². The van der Waals surface area contributed by atoms with Crippen LogP contribution in [0.15, 0.2) is 24.3 Å². The molecule has 0 aromatic carbocycles. The standard InChI is InChI=1S/C17H24O4/c1-10-6-5-7-17(4)9-15(21-12(3)18)13(8-14(10)17)11(2)16(19)20/h13-15H,1-2,5-9H2,3-4H3,(H,19,20)/t13-,14-,15-,17-/m1/s1. The van der Waals surface area contributed by atoms with Crippen LogP contribution >= 0.6 is 0 Å². The molecule has 0 bridgehead atoms. The first kappa shape index (κ1) is 15.8. The maximum atomic E-state index is 11.4. The average Bonchev–Trinajstić information content (AvgIpc) is 2.36. The number of hydrogen-bond donors (Lipinski definition) is 1. The monoisotopic (exact) mass is 292 g/mol. The van der Waals surface area contributed by atoms with E-state index in [1.54, 1.807) is 0 Å². The minimum Gasteiger partial charge on any atom is -0.478 e. The van der Waals surface area contributed by atoms with Crippen LogP contribution in [0.3, 0.4) is 0 Å². The number of rotatable bonds is 3. The molecule has 2 fully saturated rings. The zero-order valence-electron chi connectivity index (χ0n) is 12.9. The van der Waals surface area contributed by atoms with Crippen molar-refractivity contribution in [1.29, 1.82) is 0 Å². The first-order valence-corrected chi connectivity index (χ1v) is 7.51. The Bertz CT molecular complexity index is 493. The zero-order chi connectivity index (χ0) is 15.8. The second-order valence-corrected chi connectivity index (χ2v) is 6.74. The third-order valence-corrected chi connectivity index (χ3v) is 5.23. The summed E-state index contributed by atoms with van der Waals surface area (Å²) in [5.74, 6) is -1.40. The fourth-order valence-corrected chi connectivity index (χ4v) is 4.13. The molecule has 0 saturated heterocycles. The summed E-state index contributed by atoms with van der Waals surface area (Å²) in [6.45, 7) is 11.5. The second kappa shape index (κ2) is 5.66. The van der Waals surface area contributed by atoms with Crippen molar-refractivity contribution in [3.05, 3.63) is 24.3 Å². The Morgan fingerprint density at radius 1 is 1.43 bits per heavy atom. The number of aliphatic carboxylic acids is 1. The second-order valence-electron chi connectivity index (χ2n) is 6.74. The van der Waals surface area contributed by atoms with Crippen molar-refractivity contribution in [2.24, 2.45) is 17.3 Å². The Hall–Kier alpha value is -1.58. The number of carboxylic acid groups (broad SMARTS) is 1. The van der Waals surface area contributed by atoms with Crippen molar-refractivity contribution < 1.29 is 19.4 Å². The van der Waals surface area contributed by atoms with E-state index in [-0.39, 0.29) is 22.9 Å². The molecule has 0 spiro atoms. The first-order valence-electron chi connectivity index (χ1n) is 7.51. The van der Waals surface area contributed by atoms with E-state index in [4.69, 9.17) is 4.74 Å². The summed E-state index contributed by atoms with van der Waals surface area (Å²) in [5.41, 5.74) is 1.39. The normalized spacial score (nSPS) is 35.7. The van der Waals surface area contributed by atoms with E-state index in [1.165, 1.54) is 12.5 Å². The first-order chi connectivity index (χ1) is 9.74. The molecule has 0 aliphatic heterocycles. The number of esters is 1. The summed E-state index contributed by atoms with van der Waals surface area (Å²) in [4.78, 5) is 22.7. The number of carbonyl (C=O) groups excluding carboxylic acids is 1. The lowest BCUT2D eigenvalue weighted by atomic mass is 9.55. The molecule has 1 N–H and O–H groups in total. The summed E-state index contributed by atoms with van der Waals surface area (Å²) in [6, 6.07) is 0. The highest BCUT2D eigenvalue weighted by Crippen LogP contribution is 2.55. The summed E-state index contributed by atoms with van der Waals surface area (Å²) < 4.78 is 5.43. The van der Waals surface area contributed by atoms with Gasteiger partial charge in [0.2, 0.25) is 0 Å². The summed E-state index contributed by atoms with van der Waals surface area (Å²) in [6.07, 6.45) is 4.14. The average molecular weight is 292 g/mol. The van der Waals surface area contributed by atoms with Crippen LogP contribution in [0.1, 0.15) is 46.0 Å². The van der Waals surface area contributed by atoms with E-state index >= 15 is 0 Å². The highest BCUT2D eigenvalue weighted by atomic mass is 16.5. The minimum absolute atomic E-state index is 0.0464. The van der Waals surface area contributed by atoms with Crippen molar-refractivity contribution in [1.82, 2.24) is 0 Å². The molecule has 2 rings (SSSR count). The quantitative estimate of drug-likeness (QED) is 0.492. The van der Waals surface area contributed by atoms with Crippen LogP contribution in [-0.4, -0.2) is 23.1 Å². The molecule has 2 saturated carbocycles. The molecule has 0 aromatic heterocycles. The molecular weight excluding hydrogens is 268 g/mol. The van der Waals surface area contributed by atoms with Gasteiger partial charge in [0.1, 0.15) is 6.10 Å². The third-order valence-electron chi connectivity index (χ3n) is 5.23. The van der Waals surface area contributed by atoms with Crippen molar-refractivity contribution >= 4 is 11.9 Å². The number of carbonyl (C=O) groups is 2. The van der Waals surface area contributed by atoms with Gasteiger partial charge in [-0.1, -0.05) is 25.7 Å². The van der Waals surface area contributed by atoms with Crippen LogP contribution in [0, 0.1) is 17.3 Å². The lowest BCUT2D eigenvalue weighted by Crippen LogP contribution is -2.47. The van der Waals surface area contributed by atoms with Crippen LogP contribution in [0.2, 0.25) is 0 Å². The Balaban J connectivity index is 2.29. The molecule has 0 heterocycles. The van der Waals surface area contributed by atoms with Gasteiger partial charge in [0, 0.05) is 18.4 Å². The van der Waals surface area contributed by atoms with Gasteiger partial charge < -0.3 is 9.84 Å². The highest BCUT2D eigenvalue weighted by Gasteiger charge is 2.49. The van der Waals surface area contributed by atoms with Crippen molar-refractivity contribution in [2.75, 3.05) is 0 Å². The molecule has 4 nitrogen and oxygen atoms in total. The van der Waals surface area contributed by atoms with Crippen LogP contribution in [0.25, 0.3) is 0 Å². The predicted molar refractivity (Wildman–Crippen MR) is 79.6 cm³/mol. The third kappa shape index (κ3) is 3.04. The number of ether oxygens (including phenoxy) is 1.